The molecule has 0 saturated carbocycles. The number of carbonyl (C=O) groups excluding carboxylic acids is 2. The number of thioether (sulfide) groups is 1. The lowest BCUT2D eigenvalue weighted by Gasteiger charge is -2.34. The highest BCUT2D eigenvalue weighted by molar-refractivity contribution is 8.18. The third kappa shape index (κ3) is 4.34. The van der Waals surface area contributed by atoms with Crippen LogP contribution in [0.25, 0.3) is 23.0 Å². The number of hydrogen-bond acceptors (Lipinski definition) is 6. The second kappa shape index (κ2) is 8.90. The number of carbonyl (C=O) groups is 2. The topological polar surface area (TPSA) is 69.9 Å². The first-order chi connectivity index (χ1) is 15.6. The Hall–Kier alpha value is -2.94. The molecule has 1 N–H and O–H groups in total. The van der Waals surface area contributed by atoms with Crippen molar-refractivity contribution in [3.63, 3.8) is 0 Å². The van der Waals surface area contributed by atoms with E-state index in [-0.39, 0.29) is 11.1 Å². The standard InChI is InChI=1S/C24H25N5O2S/c1-2-27-8-10-28(11-9-27)15-17-4-3-5-19(12-17)20-14-25-22-7-6-18(16-29(20)22)13-21-23(30)26-24(31)32-21/h3-7,12-14,16H,2,8-11,15H2,1H3,(H,26,30,31)/b21-13-. The summed E-state index contributed by atoms with van der Waals surface area (Å²) in [7, 11) is 0. The smallest absolute Gasteiger partial charge is 0.290 e. The zero-order chi connectivity index (χ0) is 22.1. The van der Waals surface area contributed by atoms with E-state index in [0.717, 1.165) is 73.5 Å². The third-order valence-electron chi connectivity index (χ3n) is 6.01. The molecule has 0 unspecified atom stereocenters. The molecule has 2 amide bonds. The number of nitrogens with zero attached hydrogens (tertiary/aromatic N) is 4. The summed E-state index contributed by atoms with van der Waals surface area (Å²) in [6.07, 6.45) is 5.57. The summed E-state index contributed by atoms with van der Waals surface area (Å²) >= 11 is 0.925. The molecular formula is C24H25N5O2S. The van der Waals surface area contributed by atoms with Gasteiger partial charge in [-0.15, -0.1) is 0 Å². The molecule has 5 rings (SSSR count). The van der Waals surface area contributed by atoms with Crippen LogP contribution in [-0.4, -0.2) is 63.1 Å². The second-order valence-electron chi connectivity index (χ2n) is 8.10. The number of aromatic nitrogens is 2. The maximum Gasteiger partial charge on any atom is 0.290 e. The Balaban J connectivity index is 1.40. The number of imidazole rings is 1. The number of imide groups is 1. The van der Waals surface area contributed by atoms with Gasteiger partial charge in [0.2, 0.25) is 0 Å². The molecule has 2 aliphatic rings. The van der Waals surface area contributed by atoms with E-state index in [0.29, 0.717) is 4.91 Å². The number of benzene rings is 1. The maximum atomic E-state index is 11.9. The normalized spacial score (nSPS) is 19.2. The van der Waals surface area contributed by atoms with Crippen LogP contribution in [0.1, 0.15) is 18.1 Å². The summed E-state index contributed by atoms with van der Waals surface area (Å²) in [5, 5.41) is 1.96. The van der Waals surface area contributed by atoms with Crippen molar-refractivity contribution < 1.29 is 9.59 Å². The minimum Gasteiger partial charge on any atom is -0.301 e. The highest BCUT2D eigenvalue weighted by Gasteiger charge is 2.25. The van der Waals surface area contributed by atoms with Crippen molar-refractivity contribution >= 4 is 34.6 Å². The van der Waals surface area contributed by atoms with E-state index in [1.807, 2.05) is 28.9 Å². The fourth-order valence-electron chi connectivity index (χ4n) is 4.22. The number of hydrogen-bond donors (Lipinski definition) is 1. The molecule has 0 aliphatic carbocycles. The zero-order valence-corrected chi connectivity index (χ0v) is 18.8. The van der Waals surface area contributed by atoms with Crippen molar-refractivity contribution in [2.45, 2.75) is 13.5 Å². The maximum absolute atomic E-state index is 11.9. The first-order valence-electron chi connectivity index (χ1n) is 10.8. The molecule has 2 aliphatic heterocycles. The van der Waals surface area contributed by atoms with E-state index in [1.165, 1.54) is 5.56 Å². The summed E-state index contributed by atoms with van der Waals surface area (Å²) in [6, 6.07) is 12.4. The lowest BCUT2D eigenvalue weighted by Crippen LogP contribution is -2.45. The van der Waals surface area contributed by atoms with Gasteiger partial charge in [-0.25, -0.2) is 4.98 Å². The van der Waals surface area contributed by atoms with Crippen LogP contribution < -0.4 is 5.32 Å². The molecule has 2 fully saturated rings. The highest BCUT2D eigenvalue weighted by atomic mass is 32.2. The molecule has 3 aromatic rings. The average Bonchev–Trinajstić information content (AvgIpc) is 3.36. The Kier molecular flexibility index (Phi) is 5.82. The van der Waals surface area contributed by atoms with E-state index in [4.69, 9.17) is 0 Å². The fourth-order valence-corrected chi connectivity index (χ4v) is 4.90. The van der Waals surface area contributed by atoms with Crippen molar-refractivity contribution in [1.29, 1.82) is 0 Å². The van der Waals surface area contributed by atoms with Gasteiger partial charge in [-0.3, -0.25) is 24.2 Å². The first-order valence-corrected chi connectivity index (χ1v) is 11.7. The van der Waals surface area contributed by atoms with Gasteiger partial charge in [-0.2, -0.15) is 0 Å². The molecule has 0 spiro atoms. The van der Waals surface area contributed by atoms with Crippen LogP contribution in [0.4, 0.5) is 4.79 Å². The molecule has 4 heterocycles. The predicted molar refractivity (Wildman–Crippen MR) is 127 cm³/mol. The van der Waals surface area contributed by atoms with Crippen molar-refractivity contribution in [3.05, 3.63) is 64.8 Å². The van der Waals surface area contributed by atoms with Crippen molar-refractivity contribution in [1.82, 2.24) is 24.5 Å². The molecule has 8 heteroatoms. The van der Waals surface area contributed by atoms with Crippen LogP contribution >= 0.6 is 11.8 Å². The molecule has 1 aromatic carbocycles. The molecule has 164 valence electrons. The summed E-state index contributed by atoms with van der Waals surface area (Å²) < 4.78 is 2.03. The number of amides is 2. The number of likely N-dealkylation sites (N-methyl/N-ethyl adjacent to an activating group) is 1. The number of rotatable bonds is 5. The van der Waals surface area contributed by atoms with Crippen LogP contribution in [0.2, 0.25) is 0 Å². The van der Waals surface area contributed by atoms with Gasteiger partial charge in [-0.05, 0) is 53.7 Å². The molecule has 0 bridgehead atoms. The fraction of sp³-hybridized carbons (Fsp3) is 0.292. The van der Waals surface area contributed by atoms with Crippen LogP contribution in [0.5, 0.6) is 0 Å². The lowest BCUT2D eigenvalue weighted by atomic mass is 10.1. The quantitative estimate of drug-likeness (QED) is 0.604. The van der Waals surface area contributed by atoms with Crippen molar-refractivity contribution in [3.8, 4) is 11.3 Å². The highest BCUT2D eigenvalue weighted by Crippen LogP contribution is 2.27. The molecule has 32 heavy (non-hydrogen) atoms. The average molecular weight is 448 g/mol. The van der Waals surface area contributed by atoms with Gasteiger partial charge >= 0.3 is 0 Å². The minimum absolute atomic E-state index is 0.335. The Bertz CT molecular complexity index is 1210. The van der Waals surface area contributed by atoms with Gasteiger partial charge in [0.1, 0.15) is 5.65 Å². The number of pyridine rings is 1. The predicted octanol–water partition coefficient (Wildman–Crippen LogP) is 3.46. The SMILES string of the molecule is CCN1CCN(Cc2cccc(-c3cnc4ccc(/C=C5\SC(=O)NC5=O)cn34)c2)CC1. The van der Waals surface area contributed by atoms with Crippen LogP contribution in [0, 0.1) is 0 Å². The molecule has 0 atom stereocenters. The number of piperazine rings is 1. The first kappa shape index (κ1) is 20.9. The summed E-state index contributed by atoms with van der Waals surface area (Å²) in [4.78, 5) is 33.3. The van der Waals surface area contributed by atoms with E-state index < -0.39 is 0 Å². The molecule has 7 nitrogen and oxygen atoms in total. The summed E-state index contributed by atoms with van der Waals surface area (Å²) in [5.41, 5.74) is 5.07. The largest absolute Gasteiger partial charge is 0.301 e. The van der Waals surface area contributed by atoms with E-state index >= 15 is 0 Å². The zero-order valence-electron chi connectivity index (χ0n) is 18.0. The summed E-state index contributed by atoms with van der Waals surface area (Å²) in [6.45, 7) is 8.74. The Morgan fingerprint density at radius 1 is 1.09 bits per heavy atom. The van der Waals surface area contributed by atoms with Gasteiger partial charge in [0.05, 0.1) is 16.8 Å². The molecule has 2 aromatic heterocycles. The van der Waals surface area contributed by atoms with E-state index in [9.17, 15) is 9.59 Å². The van der Waals surface area contributed by atoms with Gasteiger partial charge < -0.3 is 4.90 Å². The Labute approximate surface area is 191 Å². The van der Waals surface area contributed by atoms with Crippen molar-refractivity contribution in [2.24, 2.45) is 0 Å². The van der Waals surface area contributed by atoms with E-state index in [1.54, 1.807) is 6.08 Å². The van der Waals surface area contributed by atoms with Crippen LogP contribution in [0.15, 0.2) is 53.7 Å². The molecule has 2 saturated heterocycles. The van der Waals surface area contributed by atoms with E-state index in [2.05, 4.69) is 51.3 Å². The molecule has 0 radical (unpaired) electrons. The Morgan fingerprint density at radius 2 is 1.91 bits per heavy atom. The van der Waals surface area contributed by atoms with Crippen LogP contribution in [-0.2, 0) is 11.3 Å². The Morgan fingerprint density at radius 3 is 2.66 bits per heavy atom. The third-order valence-corrected chi connectivity index (χ3v) is 6.82. The lowest BCUT2D eigenvalue weighted by molar-refractivity contribution is -0.115. The van der Waals surface area contributed by atoms with Gasteiger partial charge in [0.25, 0.3) is 11.1 Å². The molecular weight excluding hydrogens is 422 g/mol. The monoisotopic (exact) mass is 447 g/mol. The van der Waals surface area contributed by atoms with Crippen molar-refractivity contribution in [2.75, 3.05) is 32.7 Å². The second-order valence-corrected chi connectivity index (χ2v) is 9.11. The van der Waals surface area contributed by atoms with Gasteiger partial charge in [0.15, 0.2) is 0 Å². The number of nitrogens with one attached hydrogen (secondary N) is 1. The van der Waals surface area contributed by atoms with Gasteiger partial charge in [0, 0.05) is 44.5 Å². The minimum atomic E-state index is -0.349. The summed E-state index contributed by atoms with van der Waals surface area (Å²) in [5.74, 6) is -0.349. The number of fused-ring (bicyclic) bond motifs is 1. The van der Waals surface area contributed by atoms with Crippen LogP contribution in [0.3, 0.4) is 0 Å². The van der Waals surface area contributed by atoms with Gasteiger partial charge in [-0.1, -0.05) is 25.1 Å².